The van der Waals surface area contributed by atoms with Crippen molar-refractivity contribution < 1.29 is 4.39 Å². The molecule has 0 aliphatic carbocycles. The molecule has 1 unspecified atom stereocenters. The first-order valence-corrected chi connectivity index (χ1v) is 11.0. The highest BCUT2D eigenvalue weighted by atomic mass is 127. The highest BCUT2D eigenvalue weighted by Gasteiger charge is 2.16. The number of rotatable bonds is 8. The fourth-order valence-corrected chi connectivity index (χ4v) is 3.50. The summed E-state index contributed by atoms with van der Waals surface area (Å²) in [6, 6.07) is 16.5. The van der Waals surface area contributed by atoms with Crippen LogP contribution in [0.25, 0.3) is 5.69 Å². The van der Waals surface area contributed by atoms with Crippen LogP contribution >= 0.6 is 24.0 Å². The molecule has 2 aromatic carbocycles. The van der Waals surface area contributed by atoms with Gasteiger partial charge in [0.1, 0.15) is 23.3 Å². The second-order valence-corrected chi connectivity index (χ2v) is 8.00. The topological polar surface area (TPSA) is 104 Å². The van der Waals surface area contributed by atoms with Gasteiger partial charge in [-0.05, 0) is 55.5 Å². The molecule has 0 saturated heterocycles. The van der Waals surface area contributed by atoms with Crippen molar-refractivity contribution in [2.45, 2.75) is 32.6 Å². The van der Waals surface area contributed by atoms with Crippen LogP contribution in [-0.4, -0.2) is 35.9 Å². The Hall–Kier alpha value is -3.13. The molecule has 34 heavy (non-hydrogen) atoms. The van der Waals surface area contributed by atoms with Crippen molar-refractivity contribution in [3.05, 3.63) is 76.7 Å². The van der Waals surface area contributed by atoms with E-state index in [1.54, 1.807) is 19.2 Å². The fraction of sp³-hybridized carbons (Fsp3) is 0.320. The predicted octanol–water partition coefficient (Wildman–Crippen LogP) is 4.29. The van der Waals surface area contributed by atoms with Gasteiger partial charge >= 0.3 is 0 Å². The maximum atomic E-state index is 13.2. The zero-order valence-electron chi connectivity index (χ0n) is 19.7. The minimum absolute atomic E-state index is 0. The summed E-state index contributed by atoms with van der Waals surface area (Å²) in [5.74, 6) is 0.993. The van der Waals surface area contributed by atoms with Crippen LogP contribution in [0.1, 0.15) is 41.6 Å². The third kappa shape index (κ3) is 6.93. The second kappa shape index (κ2) is 12.9. The van der Waals surface area contributed by atoms with Crippen molar-refractivity contribution in [1.82, 2.24) is 20.4 Å². The number of aliphatic imine (C=N–C) groups is 1. The molecule has 0 spiro atoms. The number of aromatic nitrogens is 2. The van der Waals surface area contributed by atoms with E-state index >= 15 is 0 Å². The lowest BCUT2D eigenvalue weighted by Crippen LogP contribution is -2.39. The number of nitrogen functional groups attached to an aromatic ring is 1. The molecule has 7 nitrogen and oxygen atoms in total. The summed E-state index contributed by atoms with van der Waals surface area (Å²) >= 11 is 0. The van der Waals surface area contributed by atoms with E-state index in [-0.39, 0.29) is 35.6 Å². The van der Waals surface area contributed by atoms with Gasteiger partial charge in [-0.25, -0.2) is 9.07 Å². The van der Waals surface area contributed by atoms with Gasteiger partial charge in [0.25, 0.3) is 0 Å². The first-order chi connectivity index (χ1) is 15.9. The summed E-state index contributed by atoms with van der Waals surface area (Å²) in [4.78, 5) is 4.28. The molecule has 0 aliphatic heterocycles. The number of halogens is 2. The van der Waals surface area contributed by atoms with Crippen LogP contribution < -0.4 is 16.4 Å². The van der Waals surface area contributed by atoms with E-state index in [1.807, 2.05) is 0 Å². The molecule has 1 aromatic heterocycles. The molecular formula is C25H31FIN7. The third-order valence-corrected chi connectivity index (χ3v) is 5.51. The smallest absolute Gasteiger partial charge is 0.190 e. The zero-order valence-corrected chi connectivity index (χ0v) is 22.0. The van der Waals surface area contributed by atoms with Crippen LogP contribution in [0.2, 0.25) is 0 Å². The van der Waals surface area contributed by atoms with Gasteiger partial charge in [0.15, 0.2) is 5.96 Å². The Kier molecular flexibility index (Phi) is 10.3. The first-order valence-electron chi connectivity index (χ1n) is 11.0. The number of hydrogen-bond donors (Lipinski definition) is 3. The Morgan fingerprint density at radius 1 is 1.18 bits per heavy atom. The van der Waals surface area contributed by atoms with E-state index in [1.165, 1.54) is 27.9 Å². The van der Waals surface area contributed by atoms with Crippen LogP contribution in [0.4, 0.5) is 10.2 Å². The minimum Gasteiger partial charge on any atom is -0.382 e. The van der Waals surface area contributed by atoms with Crippen molar-refractivity contribution >= 4 is 35.8 Å². The third-order valence-electron chi connectivity index (χ3n) is 5.51. The molecule has 180 valence electrons. The molecular weight excluding hydrogens is 544 g/mol. The highest BCUT2D eigenvalue weighted by molar-refractivity contribution is 14.0. The molecule has 4 N–H and O–H groups in total. The normalized spacial score (nSPS) is 11.9. The van der Waals surface area contributed by atoms with Crippen molar-refractivity contribution in [1.29, 1.82) is 5.26 Å². The number of aryl methyl sites for hydroxylation is 2. The van der Waals surface area contributed by atoms with E-state index < -0.39 is 0 Å². The maximum absolute atomic E-state index is 13.2. The van der Waals surface area contributed by atoms with Gasteiger partial charge in [-0.15, -0.1) is 24.0 Å². The maximum Gasteiger partial charge on any atom is 0.190 e. The average Bonchev–Trinajstić information content (AvgIpc) is 3.14. The number of nitriles is 1. The number of nitrogens with two attached hydrogens (primary N) is 1. The lowest BCUT2D eigenvalue weighted by Gasteiger charge is -2.16. The number of hydrogen-bond acceptors (Lipinski definition) is 4. The van der Waals surface area contributed by atoms with Crippen LogP contribution in [0.3, 0.4) is 0 Å². The molecule has 0 bridgehead atoms. The fourth-order valence-electron chi connectivity index (χ4n) is 3.50. The molecule has 0 radical (unpaired) electrons. The van der Waals surface area contributed by atoms with Crippen molar-refractivity contribution in [3.63, 3.8) is 0 Å². The summed E-state index contributed by atoms with van der Waals surface area (Å²) in [6.07, 6.45) is 1.31. The molecule has 3 rings (SSSR count). The molecule has 1 heterocycles. The van der Waals surface area contributed by atoms with E-state index in [0.29, 0.717) is 35.8 Å². The first kappa shape index (κ1) is 27.1. The summed E-state index contributed by atoms with van der Waals surface area (Å²) < 4.78 is 14.7. The summed E-state index contributed by atoms with van der Waals surface area (Å²) in [5.41, 5.74) is 10.2. The summed E-state index contributed by atoms with van der Waals surface area (Å²) in [7, 11) is 1.74. The Morgan fingerprint density at radius 2 is 1.85 bits per heavy atom. The van der Waals surface area contributed by atoms with Gasteiger partial charge in [0, 0.05) is 20.1 Å². The zero-order chi connectivity index (χ0) is 23.8. The largest absolute Gasteiger partial charge is 0.382 e. The second-order valence-electron chi connectivity index (χ2n) is 8.00. The number of anilines is 1. The molecule has 0 fully saturated rings. The van der Waals surface area contributed by atoms with Crippen molar-refractivity contribution in [2.24, 2.45) is 4.99 Å². The Bertz CT molecular complexity index is 1130. The Labute approximate surface area is 217 Å². The van der Waals surface area contributed by atoms with Crippen molar-refractivity contribution in [2.75, 3.05) is 25.9 Å². The Morgan fingerprint density at radius 3 is 2.47 bits per heavy atom. The average molecular weight is 575 g/mol. The van der Waals surface area contributed by atoms with Gasteiger partial charge in [0.05, 0.1) is 11.4 Å². The van der Waals surface area contributed by atoms with E-state index in [4.69, 9.17) is 5.73 Å². The van der Waals surface area contributed by atoms with E-state index in [2.05, 4.69) is 64.9 Å². The number of nitrogens with one attached hydrogen (secondary N) is 2. The van der Waals surface area contributed by atoms with Crippen LogP contribution in [0.5, 0.6) is 0 Å². The number of nitrogens with zero attached hydrogens (tertiary/aromatic N) is 4. The van der Waals surface area contributed by atoms with Gasteiger partial charge < -0.3 is 16.4 Å². The highest BCUT2D eigenvalue weighted by Crippen LogP contribution is 2.21. The summed E-state index contributed by atoms with van der Waals surface area (Å²) in [5, 5.41) is 20.7. The lowest BCUT2D eigenvalue weighted by atomic mass is 10.0. The van der Waals surface area contributed by atoms with E-state index in [9.17, 15) is 9.65 Å². The van der Waals surface area contributed by atoms with Gasteiger partial charge in [-0.2, -0.15) is 10.4 Å². The van der Waals surface area contributed by atoms with Gasteiger partial charge in [0.2, 0.25) is 0 Å². The number of benzene rings is 2. The predicted molar refractivity (Wildman–Crippen MR) is 145 cm³/mol. The summed E-state index contributed by atoms with van der Waals surface area (Å²) in [6.45, 7) is 5.68. The monoisotopic (exact) mass is 575 g/mol. The van der Waals surface area contributed by atoms with Crippen molar-refractivity contribution in [3.8, 4) is 11.8 Å². The quantitative estimate of drug-likeness (QED) is 0.161. The van der Waals surface area contributed by atoms with Gasteiger partial charge in [-0.1, -0.05) is 36.8 Å². The minimum atomic E-state index is -0.341. The molecule has 0 aliphatic rings. The van der Waals surface area contributed by atoms with Crippen LogP contribution in [0.15, 0.2) is 53.5 Å². The molecule has 3 aromatic rings. The SMILES string of the molecule is CN=C(NCCCc1nn(-c2ccc(F)cc2)c(N)c1C#N)NCC(C)c1ccc(C)cc1.I. The molecule has 0 amide bonds. The molecule has 9 heteroatoms. The molecule has 1 atom stereocenters. The van der Waals surface area contributed by atoms with Crippen LogP contribution in [-0.2, 0) is 6.42 Å². The Balaban J connectivity index is 0.00000408. The van der Waals surface area contributed by atoms with E-state index in [0.717, 1.165) is 18.9 Å². The molecule has 0 saturated carbocycles. The van der Waals surface area contributed by atoms with Crippen LogP contribution in [0, 0.1) is 24.1 Å². The standard InChI is InChI=1S/C25H30FN7.HI/c1-17-6-8-19(9-7-17)18(2)16-31-25(29-3)30-14-4-5-23-22(15-27)24(28)33(32-23)21-12-10-20(26)11-13-21;/h6-13,18H,4-5,14,16,28H2,1-3H3,(H2,29,30,31);1H. The number of guanidine groups is 1. The lowest BCUT2D eigenvalue weighted by molar-refractivity contribution is 0.627. The van der Waals surface area contributed by atoms with Gasteiger partial charge in [-0.3, -0.25) is 4.99 Å².